The maximum Gasteiger partial charge on any atom is 0.316 e. The summed E-state index contributed by atoms with van der Waals surface area (Å²) >= 11 is 0. The number of hydrogen-bond acceptors (Lipinski definition) is 5. The molecule has 0 saturated heterocycles. The topological polar surface area (TPSA) is 81.9 Å². The Morgan fingerprint density at radius 3 is 2.76 bits per heavy atom. The molecule has 0 spiro atoms. The Kier molecular flexibility index (Phi) is 3.06. The minimum atomic E-state index is -0.610. The number of amides is 1. The molecule has 7 nitrogen and oxygen atoms in total. The van der Waals surface area contributed by atoms with Crippen molar-refractivity contribution in [1.29, 1.82) is 0 Å². The average Bonchev–Trinajstić information content (AvgIpc) is 2.80. The van der Waals surface area contributed by atoms with Gasteiger partial charge in [0.1, 0.15) is 5.82 Å². The Morgan fingerprint density at radius 1 is 1.41 bits per heavy atom. The first kappa shape index (κ1) is 11.1. The van der Waals surface area contributed by atoms with Crippen LogP contribution < -0.4 is 5.48 Å². The highest BCUT2D eigenvalue weighted by Crippen LogP contribution is 2.05. The van der Waals surface area contributed by atoms with E-state index in [4.69, 9.17) is 0 Å². The summed E-state index contributed by atoms with van der Waals surface area (Å²) in [4.78, 5) is 16.8. The van der Waals surface area contributed by atoms with Crippen LogP contribution in [0, 0.1) is 5.82 Å². The number of aromatic nitrogens is 4. The van der Waals surface area contributed by atoms with Crippen molar-refractivity contribution >= 4 is 5.91 Å². The first-order chi connectivity index (χ1) is 8.20. The number of rotatable bonds is 3. The molecule has 0 fully saturated rings. The van der Waals surface area contributed by atoms with Gasteiger partial charge in [-0.15, -0.1) is 15.0 Å². The highest BCUT2D eigenvalue weighted by molar-refractivity contribution is 5.89. The second-order valence-corrected chi connectivity index (χ2v) is 3.01. The molecule has 1 aromatic heterocycles. The highest BCUT2D eigenvalue weighted by Gasteiger charge is 2.12. The van der Waals surface area contributed by atoms with E-state index in [9.17, 15) is 9.18 Å². The number of nitrogens with one attached hydrogen (secondary N) is 1. The molecular formula is C9H8FN5O2. The van der Waals surface area contributed by atoms with E-state index in [-0.39, 0.29) is 11.6 Å². The van der Waals surface area contributed by atoms with Crippen LogP contribution in [-0.4, -0.2) is 33.2 Å². The van der Waals surface area contributed by atoms with Gasteiger partial charge < -0.3 is 0 Å². The zero-order valence-electron chi connectivity index (χ0n) is 8.79. The van der Waals surface area contributed by atoms with Crippen LogP contribution in [-0.2, 0) is 4.84 Å². The molecule has 88 valence electrons. The van der Waals surface area contributed by atoms with Crippen LogP contribution in [0.4, 0.5) is 4.39 Å². The van der Waals surface area contributed by atoms with Crippen LogP contribution in [0.2, 0.25) is 0 Å². The van der Waals surface area contributed by atoms with E-state index in [1.807, 2.05) is 0 Å². The van der Waals surface area contributed by atoms with E-state index < -0.39 is 5.91 Å². The van der Waals surface area contributed by atoms with E-state index in [1.165, 1.54) is 31.4 Å². The molecule has 0 aliphatic carbocycles. The Balaban J connectivity index is 2.23. The van der Waals surface area contributed by atoms with Gasteiger partial charge in [0.15, 0.2) is 0 Å². The minimum Gasteiger partial charge on any atom is -0.277 e. The molecule has 0 bridgehead atoms. The fraction of sp³-hybridized carbons (Fsp3) is 0.111. The Morgan fingerprint density at radius 2 is 2.12 bits per heavy atom. The number of carbonyl (C=O) groups is 1. The summed E-state index contributed by atoms with van der Waals surface area (Å²) in [6.45, 7) is 0. The number of halogens is 1. The fourth-order valence-corrected chi connectivity index (χ4v) is 1.13. The summed E-state index contributed by atoms with van der Waals surface area (Å²) < 4.78 is 12.7. The smallest absolute Gasteiger partial charge is 0.277 e. The predicted molar refractivity (Wildman–Crippen MR) is 53.6 cm³/mol. The predicted octanol–water partition coefficient (Wildman–Crippen LogP) is 0.0926. The first-order valence-corrected chi connectivity index (χ1v) is 4.60. The van der Waals surface area contributed by atoms with Crippen LogP contribution in [0.1, 0.15) is 10.6 Å². The van der Waals surface area contributed by atoms with E-state index >= 15 is 0 Å². The SMILES string of the molecule is CONC(=O)c1nnn(-c2ccc(F)cc2)n1. The molecular weight excluding hydrogens is 229 g/mol. The number of benzene rings is 1. The third-order valence-corrected chi connectivity index (χ3v) is 1.87. The number of hydrogen-bond donors (Lipinski definition) is 1. The molecule has 2 rings (SSSR count). The Bertz CT molecular complexity index is 524. The van der Waals surface area contributed by atoms with Crippen molar-refractivity contribution in [3.8, 4) is 5.69 Å². The van der Waals surface area contributed by atoms with E-state index in [0.29, 0.717) is 5.69 Å². The van der Waals surface area contributed by atoms with Crippen LogP contribution >= 0.6 is 0 Å². The van der Waals surface area contributed by atoms with Gasteiger partial charge in [-0.2, -0.15) is 0 Å². The number of nitrogens with zero attached hydrogens (tertiary/aromatic N) is 4. The molecule has 1 N–H and O–H groups in total. The van der Waals surface area contributed by atoms with Crippen molar-refractivity contribution in [2.45, 2.75) is 0 Å². The molecule has 0 saturated carbocycles. The van der Waals surface area contributed by atoms with Crippen molar-refractivity contribution in [1.82, 2.24) is 25.7 Å². The van der Waals surface area contributed by atoms with Gasteiger partial charge in [0.2, 0.25) is 0 Å². The molecule has 2 aromatic rings. The molecule has 0 aliphatic heterocycles. The van der Waals surface area contributed by atoms with Crippen molar-refractivity contribution in [2.24, 2.45) is 0 Å². The summed E-state index contributed by atoms with van der Waals surface area (Å²) in [5, 5.41) is 11.0. The van der Waals surface area contributed by atoms with Gasteiger partial charge in [0.25, 0.3) is 5.82 Å². The molecule has 1 amide bonds. The molecule has 17 heavy (non-hydrogen) atoms. The maximum atomic E-state index is 12.7. The van der Waals surface area contributed by atoms with Crippen molar-refractivity contribution in [3.63, 3.8) is 0 Å². The van der Waals surface area contributed by atoms with Crippen LogP contribution in [0.5, 0.6) is 0 Å². The first-order valence-electron chi connectivity index (χ1n) is 4.60. The van der Waals surface area contributed by atoms with Crippen molar-refractivity contribution in [3.05, 3.63) is 35.9 Å². The minimum absolute atomic E-state index is 0.142. The zero-order valence-corrected chi connectivity index (χ0v) is 8.79. The molecule has 1 heterocycles. The lowest BCUT2D eigenvalue weighted by molar-refractivity contribution is 0.0526. The molecule has 0 aliphatic rings. The van der Waals surface area contributed by atoms with E-state index in [2.05, 4.69) is 25.7 Å². The number of tetrazole rings is 1. The van der Waals surface area contributed by atoms with Gasteiger partial charge in [-0.25, -0.2) is 9.87 Å². The average molecular weight is 237 g/mol. The van der Waals surface area contributed by atoms with Crippen molar-refractivity contribution in [2.75, 3.05) is 7.11 Å². The van der Waals surface area contributed by atoms with Crippen LogP contribution in [0.25, 0.3) is 5.69 Å². The normalized spacial score (nSPS) is 10.2. The third-order valence-electron chi connectivity index (χ3n) is 1.87. The summed E-state index contributed by atoms with van der Waals surface area (Å²) in [5.74, 6) is -1.12. The monoisotopic (exact) mass is 237 g/mol. The lowest BCUT2D eigenvalue weighted by atomic mass is 10.3. The second-order valence-electron chi connectivity index (χ2n) is 3.01. The van der Waals surface area contributed by atoms with Gasteiger partial charge in [0, 0.05) is 0 Å². The Labute approximate surface area is 95.1 Å². The number of hydroxylamine groups is 1. The summed E-state index contributed by atoms with van der Waals surface area (Å²) in [6, 6.07) is 5.45. The van der Waals surface area contributed by atoms with E-state index in [1.54, 1.807) is 0 Å². The van der Waals surface area contributed by atoms with E-state index in [0.717, 1.165) is 4.80 Å². The van der Waals surface area contributed by atoms with Crippen LogP contribution in [0.15, 0.2) is 24.3 Å². The third kappa shape index (κ3) is 2.42. The van der Waals surface area contributed by atoms with Crippen LogP contribution in [0.3, 0.4) is 0 Å². The van der Waals surface area contributed by atoms with Gasteiger partial charge in [-0.05, 0) is 29.5 Å². The molecule has 0 unspecified atom stereocenters. The standard InChI is InChI=1S/C9H8FN5O2/c1-17-13-9(16)8-11-14-15(12-8)7-4-2-6(10)3-5-7/h2-5H,1H3,(H,13,16). The summed E-state index contributed by atoms with van der Waals surface area (Å²) in [7, 11) is 1.29. The van der Waals surface area contributed by atoms with Crippen molar-refractivity contribution < 1.29 is 14.0 Å². The molecule has 0 radical (unpaired) electrons. The summed E-state index contributed by atoms with van der Waals surface area (Å²) in [5.41, 5.74) is 2.55. The summed E-state index contributed by atoms with van der Waals surface area (Å²) in [6.07, 6.45) is 0. The quantitative estimate of drug-likeness (QED) is 0.765. The highest BCUT2D eigenvalue weighted by atomic mass is 19.1. The second kappa shape index (κ2) is 4.66. The molecule has 1 aromatic carbocycles. The molecule has 8 heteroatoms. The lowest BCUT2D eigenvalue weighted by Gasteiger charge is -1.97. The lowest BCUT2D eigenvalue weighted by Crippen LogP contribution is -2.23. The van der Waals surface area contributed by atoms with Gasteiger partial charge >= 0.3 is 5.91 Å². The zero-order chi connectivity index (χ0) is 12.3. The van der Waals surface area contributed by atoms with Gasteiger partial charge in [-0.1, -0.05) is 0 Å². The van der Waals surface area contributed by atoms with Gasteiger partial charge in [0.05, 0.1) is 12.8 Å². The maximum absolute atomic E-state index is 12.7. The number of carbonyl (C=O) groups excluding carboxylic acids is 1. The molecule has 0 atom stereocenters. The fourth-order valence-electron chi connectivity index (χ4n) is 1.13. The largest absolute Gasteiger partial charge is 0.316 e. The van der Waals surface area contributed by atoms with Gasteiger partial charge in [-0.3, -0.25) is 9.63 Å². The Hall–Kier alpha value is -2.35.